The molecule has 6 aliphatic rings. The van der Waals surface area contributed by atoms with E-state index >= 15 is 4.39 Å². The fourth-order valence-corrected chi connectivity index (χ4v) is 11.3. The van der Waals surface area contributed by atoms with Crippen LogP contribution in [-0.4, -0.2) is 105 Å². The fraction of sp³-hybridized carbons (Fsp3) is 0.522. The zero-order chi connectivity index (χ0) is 40.9. The van der Waals surface area contributed by atoms with Crippen LogP contribution in [0.25, 0.3) is 0 Å². The maximum Gasteiger partial charge on any atom is 0.253 e. The number of nitrogens with zero attached hydrogens (tertiary/aromatic N) is 6. The minimum absolute atomic E-state index is 0.0748. The second kappa shape index (κ2) is 16.0. The van der Waals surface area contributed by atoms with Crippen molar-refractivity contribution in [2.24, 2.45) is 10.8 Å². The van der Waals surface area contributed by atoms with Crippen LogP contribution < -0.4 is 25.3 Å². The average Bonchev–Trinajstić information content (AvgIpc) is 3.56. The largest absolute Gasteiger partial charge is 0.374 e. The number of likely N-dealkylation sites (tertiary alicyclic amines) is 1. The maximum atomic E-state index is 15.7. The zero-order valence-electron chi connectivity index (χ0n) is 33.9. The lowest BCUT2D eigenvalue weighted by Gasteiger charge is -2.56. The normalized spacial score (nSPS) is 24.6. The smallest absolute Gasteiger partial charge is 0.253 e. The highest BCUT2D eigenvalue weighted by molar-refractivity contribution is 6.32. The van der Waals surface area contributed by atoms with Gasteiger partial charge in [-0.1, -0.05) is 17.7 Å². The molecule has 0 unspecified atom stereocenters. The molecule has 13 heteroatoms. The number of piperazine rings is 1. The molecule has 0 aromatic heterocycles. The predicted molar refractivity (Wildman–Crippen MR) is 228 cm³/mol. The van der Waals surface area contributed by atoms with Crippen molar-refractivity contribution >= 4 is 52.1 Å². The second-order valence-corrected chi connectivity index (χ2v) is 18.6. The van der Waals surface area contributed by atoms with Gasteiger partial charge in [0.2, 0.25) is 11.8 Å². The highest BCUT2D eigenvalue weighted by atomic mass is 35.5. The van der Waals surface area contributed by atoms with Gasteiger partial charge in [0.05, 0.1) is 16.3 Å². The summed E-state index contributed by atoms with van der Waals surface area (Å²) in [5, 5.41) is 15.5. The maximum absolute atomic E-state index is 15.7. The summed E-state index contributed by atoms with van der Waals surface area (Å²) in [7, 11) is 0. The summed E-state index contributed by atoms with van der Waals surface area (Å²) in [4.78, 5) is 48.9. The van der Waals surface area contributed by atoms with Gasteiger partial charge in [-0.2, -0.15) is 5.26 Å². The zero-order valence-corrected chi connectivity index (χ0v) is 34.7. The van der Waals surface area contributed by atoms with Crippen LogP contribution in [0.15, 0.2) is 60.7 Å². The van der Waals surface area contributed by atoms with E-state index in [2.05, 4.69) is 55.4 Å². The van der Waals surface area contributed by atoms with Gasteiger partial charge in [0.25, 0.3) is 5.91 Å². The Bertz CT molecular complexity index is 2150. The number of hydrogen-bond acceptors (Lipinski definition) is 9. The first-order valence-corrected chi connectivity index (χ1v) is 21.9. The molecule has 59 heavy (non-hydrogen) atoms. The van der Waals surface area contributed by atoms with Gasteiger partial charge in [-0.25, -0.2) is 4.39 Å². The van der Waals surface area contributed by atoms with Crippen molar-refractivity contribution in [3.05, 3.63) is 82.6 Å². The number of carbonyl (C=O) groups is 3. The number of rotatable bonds is 7. The summed E-state index contributed by atoms with van der Waals surface area (Å²) in [6.45, 7) is 10.0. The van der Waals surface area contributed by atoms with Crippen molar-refractivity contribution in [3.8, 4) is 6.07 Å². The number of benzene rings is 3. The van der Waals surface area contributed by atoms with Gasteiger partial charge >= 0.3 is 0 Å². The Morgan fingerprint density at radius 2 is 1.61 bits per heavy atom. The third-order valence-corrected chi connectivity index (χ3v) is 14.9. The van der Waals surface area contributed by atoms with Crippen molar-refractivity contribution in [1.82, 2.24) is 15.1 Å². The molecule has 0 radical (unpaired) electrons. The Hall–Kier alpha value is -4.86. The lowest BCUT2D eigenvalue weighted by Crippen LogP contribution is -2.59. The molecule has 1 saturated carbocycles. The highest BCUT2D eigenvalue weighted by Crippen LogP contribution is 2.51. The number of imide groups is 1. The van der Waals surface area contributed by atoms with E-state index in [1.807, 2.05) is 35.2 Å². The quantitative estimate of drug-likeness (QED) is 0.253. The van der Waals surface area contributed by atoms with E-state index in [4.69, 9.17) is 11.6 Å². The third kappa shape index (κ3) is 7.96. The SMILES string of the molecule is C[C@H]1CC2(CCN(c3ccc(C(=O)N4CCC5(CC4)CC(N4CCN(c6cccc(N[C@@H]7CCC(=O)NC7=O)c6)CC4)C5)cc3F)CC2)CN1c1ccc(C#N)c(Cl)c1. The van der Waals surface area contributed by atoms with E-state index in [9.17, 15) is 19.6 Å². The summed E-state index contributed by atoms with van der Waals surface area (Å²) >= 11 is 6.37. The Labute approximate surface area is 351 Å². The van der Waals surface area contributed by atoms with Crippen LogP contribution in [-0.2, 0) is 9.59 Å². The minimum atomic E-state index is -0.399. The van der Waals surface area contributed by atoms with Crippen molar-refractivity contribution in [2.75, 3.05) is 78.9 Å². The van der Waals surface area contributed by atoms with Crippen LogP contribution in [0.3, 0.4) is 0 Å². The number of halogens is 2. The Morgan fingerprint density at radius 3 is 2.31 bits per heavy atom. The van der Waals surface area contributed by atoms with Crippen LogP contribution in [0.2, 0.25) is 5.02 Å². The molecule has 0 bridgehead atoms. The second-order valence-electron chi connectivity index (χ2n) is 18.2. The van der Waals surface area contributed by atoms with Gasteiger partial charge in [0, 0.05) is 100 Å². The van der Waals surface area contributed by atoms with Crippen molar-refractivity contribution < 1.29 is 18.8 Å². The van der Waals surface area contributed by atoms with Gasteiger partial charge in [-0.05, 0) is 124 Å². The van der Waals surface area contributed by atoms with Gasteiger partial charge < -0.3 is 24.9 Å². The van der Waals surface area contributed by atoms with Crippen LogP contribution in [0.5, 0.6) is 0 Å². The Kier molecular flexibility index (Phi) is 10.7. The molecule has 9 rings (SSSR count). The van der Waals surface area contributed by atoms with E-state index in [-0.39, 0.29) is 29.0 Å². The standard InChI is InChI=1S/C46H54ClFN8O3/c1-31-26-46(30-56(31)36-7-5-33(29-49)38(47)25-36)13-15-54(16-14-46)41-9-6-32(23-39(41)48)44(59)55-17-11-45(12-18-55)27-37(28-45)53-21-19-52(20-22-53)35-4-2-3-34(24-35)50-40-8-10-42(57)51-43(40)58/h2-7,9,23-25,31,37,40,50H,8,10-22,26-28,30H2,1H3,(H,51,57,58)/t31-,40+/m0/s1. The number of nitrogens with one attached hydrogen (secondary N) is 2. The molecule has 3 aromatic rings. The van der Waals surface area contributed by atoms with Crippen LogP contribution in [0.4, 0.5) is 27.1 Å². The number of carbonyl (C=O) groups excluding carboxylic acids is 3. The topological polar surface area (TPSA) is 115 Å². The predicted octanol–water partition coefficient (Wildman–Crippen LogP) is 6.66. The number of amides is 3. The van der Waals surface area contributed by atoms with Crippen LogP contribution >= 0.6 is 11.6 Å². The molecule has 3 amide bonds. The van der Waals surface area contributed by atoms with E-state index in [1.165, 1.54) is 18.9 Å². The molecular formula is C46H54ClFN8O3. The number of nitriles is 1. The Morgan fingerprint density at radius 1 is 0.864 bits per heavy atom. The van der Waals surface area contributed by atoms with Crippen molar-refractivity contribution in [2.45, 2.75) is 82.8 Å². The average molecular weight is 821 g/mol. The summed E-state index contributed by atoms with van der Waals surface area (Å²) in [6, 6.07) is 21.6. The van der Waals surface area contributed by atoms with Crippen LogP contribution in [0, 0.1) is 28.0 Å². The van der Waals surface area contributed by atoms with Crippen molar-refractivity contribution in [1.29, 1.82) is 5.26 Å². The summed E-state index contributed by atoms with van der Waals surface area (Å²) < 4.78 is 15.7. The monoisotopic (exact) mass is 820 g/mol. The summed E-state index contributed by atoms with van der Waals surface area (Å²) in [5.74, 6) is -0.876. The molecule has 6 fully saturated rings. The molecule has 2 atom stereocenters. The third-order valence-electron chi connectivity index (χ3n) is 14.6. The summed E-state index contributed by atoms with van der Waals surface area (Å²) in [6.07, 6.45) is 8.17. The molecule has 5 aliphatic heterocycles. The van der Waals surface area contributed by atoms with E-state index < -0.39 is 6.04 Å². The van der Waals surface area contributed by atoms with E-state index in [0.717, 1.165) is 95.0 Å². The molecule has 2 N–H and O–H groups in total. The molecule has 3 aromatic carbocycles. The molecule has 11 nitrogen and oxygen atoms in total. The number of anilines is 4. The minimum Gasteiger partial charge on any atom is -0.374 e. The fourth-order valence-electron chi connectivity index (χ4n) is 11.1. The number of hydrogen-bond donors (Lipinski definition) is 2. The van der Waals surface area contributed by atoms with E-state index in [1.54, 1.807) is 12.1 Å². The summed E-state index contributed by atoms with van der Waals surface area (Å²) in [5.41, 5.74) is 5.00. The van der Waals surface area contributed by atoms with E-state index in [0.29, 0.717) is 65.3 Å². The molecule has 5 heterocycles. The van der Waals surface area contributed by atoms with Gasteiger partial charge in [-0.15, -0.1) is 0 Å². The lowest BCUT2D eigenvalue weighted by molar-refractivity contribution is -0.133. The lowest BCUT2D eigenvalue weighted by atomic mass is 9.60. The molecule has 5 saturated heterocycles. The van der Waals surface area contributed by atoms with Gasteiger partial charge in [-0.3, -0.25) is 24.6 Å². The highest BCUT2D eigenvalue weighted by Gasteiger charge is 2.49. The molecule has 2 spiro atoms. The van der Waals surface area contributed by atoms with Crippen LogP contribution in [0.1, 0.15) is 80.6 Å². The molecule has 1 aliphatic carbocycles. The van der Waals surface area contributed by atoms with Crippen molar-refractivity contribution in [3.63, 3.8) is 0 Å². The number of piperidine rings is 3. The van der Waals surface area contributed by atoms with Gasteiger partial charge in [0.1, 0.15) is 17.9 Å². The first-order valence-electron chi connectivity index (χ1n) is 21.5. The first kappa shape index (κ1) is 39.6. The first-order chi connectivity index (χ1) is 28.5. The molecular weight excluding hydrogens is 767 g/mol. The van der Waals surface area contributed by atoms with Gasteiger partial charge in [0.15, 0.2) is 0 Å². The molecule has 310 valence electrons. The Balaban J connectivity index is 0.721.